The van der Waals surface area contributed by atoms with Crippen LogP contribution < -0.4 is 38.1 Å². The molecule has 2 aromatic rings. The molecule has 5 amide bonds. The standard InChI is InChI=1S/C32H46N10O10/c1-42-11-5-9-24(42)30(50)41-23(16-43)29(49)39-20(8-4-10-35-32(33)34)27(47)37-15-25(44)38-21(13-26(45)46)28(48)40-22(31(51)52)12-17-14-36-19-7-3-2-6-18(17)19/h2-3,6-7,14,20-24,36,43H,4-5,8-13,15-16H2,1H3,(H,37,47)(H,38,44)(H,39,49)(H,40,48)(H,41,50)(H,45,46)(H,51,52)(H4,33,34,35)/t20-,21-,22-,23-,24-/m0/s1. The van der Waals surface area contributed by atoms with Crippen molar-refractivity contribution in [2.45, 2.75) is 68.7 Å². The lowest BCUT2D eigenvalue weighted by molar-refractivity contribution is -0.143. The normalized spacial score (nSPS) is 16.5. The Balaban J connectivity index is 1.63. The van der Waals surface area contributed by atoms with Crippen LogP contribution in [0.15, 0.2) is 35.5 Å². The van der Waals surface area contributed by atoms with Gasteiger partial charge in [0.15, 0.2) is 5.96 Å². The van der Waals surface area contributed by atoms with Crippen LogP contribution in [-0.2, 0) is 40.0 Å². The zero-order chi connectivity index (χ0) is 38.4. The Hall–Kier alpha value is -5.76. The lowest BCUT2D eigenvalue weighted by atomic mass is 10.0. The number of likely N-dealkylation sites (N-methyl/N-ethyl adjacent to an activating group) is 1. The first-order chi connectivity index (χ1) is 24.7. The minimum Gasteiger partial charge on any atom is -0.481 e. The fraction of sp³-hybridized carbons (Fsp3) is 0.500. The van der Waals surface area contributed by atoms with Crippen molar-refractivity contribution in [3.8, 4) is 0 Å². The van der Waals surface area contributed by atoms with Crippen molar-refractivity contribution in [2.24, 2.45) is 16.5 Å². The number of aliphatic hydroxyl groups excluding tert-OH is 1. The molecule has 1 saturated heterocycles. The van der Waals surface area contributed by atoms with Crippen LogP contribution in [0.1, 0.15) is 37.7 Å². The van der Waals surface area contributed by atoms with E-state index in [1.165, 1.54) is 0 Å². The monoisotopic (exact) mass is 730 g/mol. The number of aliphatic imine (C=N–C) groups is 1. The number of nitrogens with two attached hydrogens (primary N) is 2. The number of aliphatic hydroxyl groups is 1. The average molecular weight is 731 g/mol. The molecule has 0 aliphatic carbocycles. The predicted octanol–water partition coefficient (Wildman–Crippen LogP) is -3.53. The number of likely N-dealkylation sites (tertiary alicyclic amines) is 1. The number of nitrogens with zero attached hydrogens (tertiary/aromatic N) is 2. The molecule has 0 spiro atoms. The third-order valence-electron chi connectivity index (χ3n) is 8.38. The van der Waals surface area contributed by atoms with Crippen LogP contribution in [-0.4, -0.2) is 136 Å². The number of hydrogen-bond acceptors (Lipinski definition) is 10. The van der Waals surface area contributed by atoms with Crippen molar-refractivity contribution in [1.82, 2.24) is 36.5 Å². The lowest BCUT2D eigenvalue weighted by Crippen LogP contribution is -2.57. The summed E-state index contributed by atoms with van der Waals surface area (Å²) in [7, 11) is 1.76. The van der Waals surface area contributed by atoms with Gasteiger partial charge in [0.2, 0.25) is 29.5 Å². The van der Waals surface area contributed by atoms with Crippen molar-refractivity contribution in [3.05, 3.63) is 36.0 Å². The minimum absolute atomic E-state index is 0.0372. The highest BCUT2D eigenvalue weighted by Crippen LogP contribution is 2.19. The van der Waals surface area contributed by atoms with Gasteiger partial charge in [0.25, 0.3) is 0 Å². The van der Waals surface area contributed by atoms with Gasteiger partial charge < -0.3 is 58.4 Å². The van der Waals surface area contributed by atoms with Crippen LogP contribution in [0, 0.1) is 0 Å². The molecule has 1 aliphatic rings. The van der Waals surface area contributed by atoms with Crippen molar-refractivity contribution in [2.75, 3.05) is 33.3 Å². The van der Waals surface area contributed by atoms with E-state index in [-0.39, 0.29) is 31.8 Å². The number of benzene rings is 1. The molecule has 52 heavy (non-hydrogen) atoms. The minimum atomic E-state index is -1.71. The maximum Gasteiger partial charge on any atom is 0.326 e. The number of nitrogens with one attached hydrogen (secondary N) is 6. The second-order valence-corrected chi connectivity index (χ2v) is 12.3. The third-order valence-corrected chi connectivity index (χ3v) is 8.38. The molecule has 1 fully saturated rings. The number of carboxylic acids is 2. The molecule has 284 valence electrons. The van der Waals surface area contributed by atoms with E-state index in [4.69, 9.17) is 11.5 Å². The number of fused-ring (bicyclic) bond motifs is 1. The van der Waals surface area contributed by atoms with Crippen LogP contribution >= 0.6 is 0 Å². The first-order valence-corrected chi connectivity index (χ1v) is 16.5. The van der Waals surface area contributed by atoms with E-state index < -0.39 is 91.3 Å². The lowest BCUT2D eigenvalue weighted by Gasteiger charge is -2.25. The number of rotatable bonds is 20. The quantitative estimate of drug-likeness (QED) is 0.0358. The van der Waals surface area contributed by atoms with Gasteiger partial charge in [-0.3, -0.25) is 38.7 Å². The van der Waals surface area contributed by atoms with Gasteiger partial charge in [-0.25, -0.2) is 4.79 Å². The van der Waals surface area contributed by atoms with Gasteiger partial charge >= 0.3 is 11.9 Å². The van der Waals surface area contributed by atoms with Gasteiger partial charge in [0.05, 0.1) is 25.6 Å². The number of hydrogen-bond donors (Lipinski definition) is 11. The molecular weight excluding hydrogens is 684 g/mol. The predicted molar refractivity (Wildman–Crippen MR) is 185 cm³/mol. The van der Waals surface area contributed by atoms with Gasteiger partial charge in [-0.15, -0.1) is 0 Å². The molecule has 3 rings (SSSR count). The number of aliphatic carboxylic acids is 2. The van der Waals surface area contributed by atoms with Crippen LogP contribution in [0.5, 0.6) is 0 Å². The second kappa shape index (κ2) is 19.6. The molecule has 1 aromatic heterocycles. The molecule has 5 atom stereocenters. The maximum absolute atomic E-state index is 13.2. The van der Waals surface area contributed by atoms with Crippen molar-refractivity contribution in [1.29, 1.82) is 0 Å². The number of guanidine groups is 1. The molecule has 0 saturated carbocycles. The Labute approximate surface area is 298 Å². The SMILES string of the molecule is CN1CCC[C@H]1C(=O)N[C@@H](CO)C(=O)N[C@@H](CCCN=C(N)N)C(=O)NCC(=O)N[C@@H](CC(=O)O)C(=O)N[C@@H](Cc1c[nH]c2ccccc12)C(=O)O. The largest absolute Gasteiger partial charge is 0.481 e. The number of aromatic amines is 1. The van der Waals surface area contributed by atoms with E-state index in [9.17, 15) is 48.9 Å². The fourth-order valence-corrected chi connectivity index (χ4v) is 5.66. The fourth-order valence-electron chi connectivity index (χ4n) is 5.66. The summed E-state index contributed by atoms with van der Waals surface area (Å²) < 4.78 is 0. The van der Waals surface area contributed by atoms with Gasteiger partial charge in [-0.2, -0.15) is 0 Å². The summed E-state index contributed by atoms with van der Waals surface area (Å²) in [6, 6.07) is 0.738. The first-order valence-electron chi connectivity index (χ1n) is 16.5. The zero-order valence-electron chi connectivity index (χ0n) is 28.6. The van der Waals surface area contributed by atoms with Crippen LogP contribution in [0.25, 0.3) is 10.9 Å². The summed E-state index contributed by atoms with van der Waals surface area (Å²) in [5.41, 5.74) is 12.0. The molecule has 1 aromatic carbocycles. The van der Waals surface area contributed by atoms with Crippen molar-refractivity contribution in [3.63, 3.8) is 0 Å². The number of carbonyl (C=O) groups excluding carboxylic acids is 5. The zero-order valence-corrected chi connectivity index (χ0v) is 28.6. The average Bonchev–Trinajstić information content (AvgIpc) is 3.72. The van der Waals surface area contributed by atoms with Gasteiger partial charge in [-0.05, 0) is 50.9 Å². The summed E-state index contributed by atoms with van der Waals surface area (Å²) in [5.74, 6) is -7.35. The number of amides is 5. The van der Waals surface area contributed by atoms with Gasteiger partial charge in [0.1, 0.15) is 24.2 Å². The van der Waals surface area contributed by atoms with Crippen molar-refractivity contribution >= 4 is 58.3 Å². The highest BCUT2D eigenvalue weighted by Gasteiger charge is 2.33. The number of carbonyl (C=O) groups is 7. The van der Waals surface area contributed by atoms with E-state index >= 15 is 0 Å². The second-order valence-electron chi connectivity index (χ2n) is 12.3. The van der Waals surface area contributed by atoms with Crippen molar-refractivity contribution < 1.29 is 48.9 Å². The summed E-state index contributed by atoms with van der Waals surface area (Å²) in [4.78, 5) is 97.1. The molecule has 0 bridgehead atoms. The highest BCUT2D eigenvalue weighted by atomic mass is 16.4. The summed E-state index contributed by atoms with van der Waals surface area (Å²) in [5, 5.41) is 41.5. The number of H-pyrrole nitrogens is 1. The number of para-hydroxylation sites is 1. The molecular formula is C32H46N10O10. The van der Waals surface area contributed by atoms with E-state index in [1.807, 2.05) is 4.90 Å². The molecule has 13 N–H and O–H groups in total. The Morgan fingerprint density at radius 1 is 0.942 bits per heavy atom. The Kier molecular flexibility index (Phi) is 15.3. The molecule has 2 heterocycles. The van der Waals surface area contributed by atoms with Crippen LogP contribution in [0.3, 0.4) is 0 Å². The molecule has 20 nitrogen and oxygen atoms in total. The Morgan fingerprint density at radius 2 is 1.63 bits per heavy atom. The summed E-state index contributed by atoms with van der Waals surface area (Å²) in [6.07, 6.45) is 2.05. The maximum atomic E-state index is 13.2. The van der Waals surface area contributed by atoms with Gasteiger partial charge in [-0.1, -0.05) is 18.2 Å². The Morgan fingerprint density at radius 3 is 2.27 bits per heavy atom. The van der Waals surface area contributed by atoms with E-state index in [2.05, 4.69) is 36.6 Å². The van der Waals surface area contributed by atoms with E-state index in [0.717, 1.165) is 17.3 Å². The van der Waals surface area contributed by atoms with Gasteiger partial charge in [0, 0.05) is 30.1 Å². The molecule has 1 aliphatic heterocycles. The van der Waals surface area contributed by atoms with Crippen LogP contribution in [0.4, 0.5) is 0 Å². The third kappa shape index (κ3) is 12.2. The number of carboxylic acid groups (broad SMARTS) is 2. The summed E-state index contributed by atoms with van der Waals surface area (Å²) in [6.45, 7) is -0.763. The van der Waals surface area contributed by atoms with E-state index in [1.54, 1.807) is 37.5 Å². The molecule has 0 radical (unpaired) electrons. The summed E-state index contributed by atoms with van der Waals surface area (Å²) >= 11 is 0. The van der Waals surface area contributed by atoms with Crippen LogP contribution in [0.2, 0.25) is 0 Å². The molecule has 0 unspecified atom stereocenters. The molecule has 20 heteroatoms. The number of aromatic nitrogens is 1. The topological polar surface area (TPSA) is 324 Å². The smallest absolute Gasteiger partial charge is 0.326 e. The Bertz CT molecular complexity index is 1640. The highest BCUT2D eigenvalue weighted by molar-refractivity contribution is 5.96. The first kappa shape index (κ1) is 40.7. The van der Waals surface area contributed by atoms with E-state index in [0.29, 0.717) is 18.5 Å².